The lowest BCUT2D eigenvalue weighted by atomic mass is 9.97. The molecule has 1 aliphatic carbocycles. The number of amides is 1. The second kappa shape index (κ2) is 5.35. The number of hydrogen-bond acceptors (Lipinski definition) is 4. The second-order valence-electron chi connectivity index (χ2n) is 6.49. The molecule has 0 aromatic heterocycles. The maximum atomic E-state index is 12.2. The number of hydrogen-bond donors (Lipinski definition) is 1. The van der Waals surface area contributed by atoms with Crippen LogP contribution in [0.1, 0.15) is 48.2 Å². The molecule has 1 heterocycles. The highest BCUT2D eigenvalue weighted by Gasteiger charge is 2.50. The van der Waals surface area contributed by atoms with Crippen LogP contribution in [0.25, 0.3) is 0 Å². The van der Waals surface area contributed by atoms with Crippen molar-refractivity contribution >= 4 is 15.9 Å². The predicted octanol–water partition coefficient (Wildman–Crippen LogP) is 1.68. The van der Waals surface area contributed by atoms with Gasteiger partial charge in [-0.3, -0.25) is 9.69 Å². The summed E-state index contributed by atoms with van der Waals surface area (Å²) in [6, 6.07) is 5.50. The molecule has 0 spiro atoms. The molecule has 3 rings (SSSR count). The van der Waals surface area contributed by atoms with Crippen LogP contribution in [0.4, 0.5) is 0 Å². The summed E-state index contributed by atoms with van der Waals surface area (Å²) in [7, 11) is -3.58. The molecule has 1 N–H and O–H groups in total. The van der Waals surface area contributed by atoms with Crippen LogP contribution in [0, 0.1) is 0 Å². The van der Waals surface area contributed by atoms with Gasteiger partial charge in [-0.2, -0.15) is 0 Å². The van der Waals surface area contributed by atoms with Crippen LogP contribution in [0.5, 0.6) is 0 Å². The third kappa shape index (κ3) is 2.77. The van der Waals surface area contributed by atoms with Crippen molar-refractivity contribution in [2.75, 3.05) is 13.1 Å². The van der Waals surface area contributed by atoms with E-state index in [4.69, 9.17) is 0 Å². The van der Waals surface area contributed by atoms with Gasteiger partial charge in [-0.1, -0.05) is 13.0 Å². The number of benzene rings is 1. The molecule has 0 bridgehead atoms. The molecule has 0 unspecified atom stereocenters. The molecular weight excluding hydrogens is 300 g/mol. The van der Waals surface area contributed by atoms with Crippen LogP contribution < -0.4 is 4.72 Å². The summed E-state index contributed by atoms with van der Waals surface area (Å²) in [5, 5.41) is 0. The maximum Gasteiger partial charge on any atom is 0.264 e. The Balaban J connectivity index is 1.77. The Morgan fingerprint density at radius 1 is 1.32 bits per heavy atom. The Hall–Kier alpha value is -1.40. The molecule has 22 heavy (non-hydrogen) atoms. The van der Waals surface area contributed by atoms with Crippen LogP contribution >= 0.6 is 0 Å². The molecule has 1 aromatic rings. The lowest BCUT2D eigenvalue weighted by molar-refractivity contribution is 0.0980. The van der Waals surface area contributed by atoms with Gasteiger partial charge in [-0.25, -0.2) is 13.1 Å². The summed E-state index contributed by atoms with van der Waals surface area (Å²) < 4.78 is 25.7. The van der Waals surface area contributed by atoms with Crippen molar-refractivity contribution in [3.8, 4) is 0 Å². The van der Waals surface area contributed by atoms with Gasteiger partial charge in [0.2, 0.25) is 10.0 Å². The zero-order valence-corrected chi connectivity index (χ0v) is 13.9. The van der Waals surface area contributed by atoms with Gasteiger partial charge in [0, 0.05) is 18.7 Å². The zero-order valence-electron chi connectivity index (χ0n) is 13.1. The predicted molar refractivity (Wildman–Crippen MR) is 85.1 cm³/mol. The number of nitrogens with one attached hydrogen (secondary N) is 1. The highest BCUT2D eigenvalue weighted by Crippen LogP contribution is 2.42. The van der Waals surface area contributed by atoms with E-state index in [0.29, 0.717) is 18.4 Å². The van der Waals surface area contributed by atoms with Crippen LogP contribution in [-0.4, -0.2) is 37.1 Å². The van der Waals surface area contributed by atoms with Gasteiger partial charge in [0.05, 0.1) is 4.75 Å². The van der Waals surface area contributed by atoms with Gasteiger partial charge < -0.3 is 0 Å². The third-order valence-electron chi connectivity index (χ3n) is 4.84. The summed E-state index contributed by atoms with van der Waals surface area (Å²) >= 11 is 0. The number of fused-ring (bicyclic) bond motifs is 1. The summed E-state index contributed by atoms with van der Waals surface area (Å²) in [6.45, 7) is 6.69. The molecule has 1 aliphatic heterocycles. The minimum absolute atomic E-state index is 0.427. The fourth-order valence-electron chi connectivity index (χ4n) is 2.77. The summed E-state index contributed by atoms with van der Waals surface area (Å²) in [5.41, 5.74) is 2.80. The maximum absolute atomic E-state index is 12.2. The summed E-state index contributed by atoms with van der Waals surface area (Å²) in [6.07, 6.45) is 2.13. The summed E-state index contributed by atoms with van der Waals surface area (Å²) in [4.78, 5) is 14.6. The van der Waals surface area contributed by atoms with Crippen LogP contribution in [-0.2, 0) is 23.0 Å². The number of likely N-dealkylation sites (N-methyl/N-ethyl adjacent to an activating group) is 1. The fraction of sp³-hybridized carbons (Fsp3) is 0.562. The molecule has 2 aliphatic rings. The lowest BCUT2D eigenvalue weighted by Crippen LogP contribution is -2.38. The van der Waals surface area contributed by atoms with Gasteiger partial charge in [-0.05, 0) is 56.0 Å². The highest BCUT2D eigenvalue weighted by molar-refractivity contribution is 7.91. The highest BCUT2D eigenvalue weighted by atomic mass is 32.2. The van der Waals surface area contributed by atoms with E-state index in [1.54, 1.807) is 13.0 Å². The molecule has 6 heteroatoms. The number of sulfonamides is 1. The molecule has 1 amide bonds. The first kappa shape index (κ1) is 15.5. The smallest absolute Gasteiger partial charge is 0.264 e. The number of carbonyl (C=O) groups is 1. The Morgan fingerprint density at radius 2 is 2.05 bits per heavy atom. The molecule has 5 nitrogen and oxygen atoms in total. The van der Waals surface area contributed by atoms with Crippen molar-refractivity contribution in [2.24, 2.45) is 0 Å². The van der Waals surface area contributed by atoms with Gasteiger partial charge in [0.15, 0.2) is 0 Å². The molecule has 0 atom stereocenters. The zero-order chi connectivity index (χ0) is 16.0. The normalized spacial score (nSPS) is 20.3. The van der Waals surface area contributed by atoms with E-state index in [-0.39, 0.29) is 0 Å². The van der Waals surface area contributed by atoms with Crippen LogP contribution in [0.3, 0.4) is 0 Å². The van der Waals surface area contributed by atoms with Crippen molar-refractivity contribution < 1.29 is 13.2 Å². The molecule has 1 fully saturated rings. The van der Waals surface area contributed by atoms with E-state index in [1.165, 1.54) is 5.56 Å². The van der Waals surface area contributed by atoms with E-state index in [9.17, 15) is 13.2 Å². The number of nitrogens with zero attached hydrogens (tertiary/aromatic N) is 1. The van der Waals surface area contributed by atoms with Crippen molar-refractivity contribution in [3.63, 3.8) is 0 Å². The first-order valence-corrected chi connectivity index (χ1v) is 9.24. The fourth-order valence-corrected chi connectivity index (χ4v) is 4.02. The lowest BCUT2D eigenvalue weighted by Gasteiger charge is -2.27. The Kier molecular flexibility index (Phi) is 3.77. The Labute approximate surface area is 131 Å². The first-order chi connectivity index (χ1) is 10.3. The molecular formula is C16H22N2O3S. The average molecular weight is 322 g/mol. The number of rotatable bonds is 4. The monoisotopic (exact) mass is 322 g/mol. The van der Waals surface area contributed by atoms with E-state index >= 15 is 0 Å². The van der Waals surface area contributed by atoms with E-state index in [2.05, 4.69) is 16.5 Å². The van der Waals surface area contributed by atoms with Gasteiger partial charge >= 0.3 is 0 Å². The quantitative estimate of drug-likeness (QED) is 0.916. The van der Waals surface area contributed by atoms with E-state index in [0.717, 1.165) is 31.6 Å². The standard InChI is InChI=1S/C16H22N2O3S/c1-3-18-9-6-12-10-13(4-5-14(12)11-18)15(19)17-22(20,21)16(2)7-8-16/h4-5,10H,3,6-9,11H2,1-2H3,(H,17,19). The van der Waals surface area contributed by atoms with Crippen molar-refractivity contribution in [2.45, 2.75) is 44.4 Å². The van der Waals surface area contributed by atoms with Gasteiger partial charge in [0.25, 0.3) is 5.91 Å². The first-order valence-electron chi connectivity index (χ1n) is 7.75. The van der Waals surface area contributed by atoms with Crippen LogP contribution in [0.15, 0.2) is 18.2 Å². The Bertz CT molecular complexity index is 708. The van der Waals surface area contributed by atoms with Gasteiger partial charge in [0.1, 0.15) is 0 Å². The molecule has 0 radical (unpaired) electrons. The summed E-state index contributed by atoms with van der Waals surface area (Å²) in [5.74, 6) is -0.520. The molecule has 120 valence electrons. The SMILES string of the molecule is CCN1CCc2cc(C(=O)NS(=O)(=O)C3(C)CC3)ccc2C1. The van der Waals surface area contributed by atoms with Crippen molar-refractivity contribution in [3.05, 3.63) is 34.9 Å². The van der Waals surface area contributed by atoms with Crippen LogP contribution in [0.2, 0.25) is 0 Å². The molecule has 1 saturated carbocycles. The van der Waals surface area contributed by atoms with E-state index in [1.807, 2.05) is 12.1 Å². The van der Waals surface area contributed by atoms with E-state index < -0.39 is 20.7 Å². The average Bonchev–Trinajstić information content (AvgIpc) is 3.25. The second-order valence-corrected chi connectivity index (χ2v) is 8.68. The minimum atomic E-state index is -3.58. The molecule has 1 aromatic carbocycles. The van der Waals surface area contributed by atoms with Crippen molar-refractivity contribution in [1.29, 1.82) is 0 Å². The largest absolute Gasteiger partial charge is 0.299 e. The third-order valence-corrected chi connectivity index (χ3v) is 7.00. The Morgan fingerprint density at radius 3 is 2.68 bits per heavy atom. The topological polar surface area (TPSA) is 66.5 Å². The number of carbonyl (C=O) groups excluding carboxylic acids is 1. The minimum Gasteiger partial charge on any atom is -0.299 e. The molecule has 0 saturated heterocycles. The van der Waals surface area contributed by atoms with Crippen molar-refractivity contribution in [1.82, 2.24) is 9.62 Å². The van der Waals surface area contributed by atoms with Gasteiger partial charge in [-0.15, -0.1) is 0 Å².